The molecule has 6 heteroatoms. The summed E-state index contributed by atoms with van der Waals surface area (Å²) in [6.45, 7) is 9.97. The molecule has 2 saturated heterocycles. The maximum atomic E-state index is 5.65. The molecule has 1 aromatic carbocycles. The lowest BCUT2D eigenvalue weighted by Crippen LogP contribution is -2.44. The Hall–Kier alpha value is -1.02. The third kappa shape index (κ3) is 5.50. The van der Waals surface area contributed by atoms with Gasteiger partial charge in [0.15, 0.2) is 5.96 Å². The number of likely N-dealkylation sites (tertiary alicyclic amines) is 2. The van der Waals surface area contributed by atoms with Gasteiger partial charge in [0.25, 0.3) is 0 Å². The van der Waals surface area contributed by atoms with Crippen LogP contribution in [-0.2, 0) is 0 Å². The predicted molar refractivity (Wildman–Crippen MR) is 123 cm³/mol. The van der Waals surface area contributed by atoms with E-state index in [-0.39, 0.29) is 24.0 Å². The van der Waals surface area contributed by atoms with Crippen LogP contribution in [0.1, 0.15) is 44.7 Å². The van der Waals surface area contributed by atoms with Gasteiger partial charge in [0.05, 0.1) is 13.2 Å². The molecule has 152 valence electrons. The maximum absolute atomic E-state index is 5.65. The first-order valence-electron chi connectivity index (χ1n) is 9.86. The molecular formula is C21H35IN4O. The summed E-state index contributed by atoms with van der Waals surface area (Å²) in [6, 6.07) is 8.73. The van der Waals surface area contributed by atoms with E-state index in [0.717, 1.165) is 44.4 Å². The third-order valence-corrected chi connectivity index (χ3v) is 5.72. The van der Waals surface area contributed by atoms with E-state index >= 15 is 0 Å². The monoisotopic (exact) mass is 486 g/mol. The number of guanidine groups is 1. The van der Waals surface area contributed by atoms with Gasteiger partial charge >= 0.3 is 0 Å². The van der Waals surface area contributed by atoms with Gasteiger partial charge in [-0.05, 0) is 43.8 Å². The fraction of sp³-hybridized carbons (Fsp3) is 0.667. The molecule has 2 heterocycles. The number of halogens is 1. The second kappa shape index (κ2) is 9.96. The molecule has 2 aliphatic rings. The van der Waals surface area contributed by atoms with E-state index in [0.29, 0.717) is 11.5 Å². The Labute approximate surface area is 181 Å². The lowest BCUT2D eigenvalue weighted by atomic mass is 9.93. The highest BCUT2D eigenvalue weighted by molar-refractivity contribution is 14.0. The number of hydrogen-bond donors (Lipinski definition) is 1. The van der Waals surface area contributed by atoms with E-state index in [1.54, 1.807) is 7.11 Å². The third-order valence-electron chi connectivity index (χ3n) is 5.72. The Morgan fingerprint density at radius 3 is 2.52 bits per heavy atom. The zero-order valence-corrected chi connectivity index (χ0v) is 19.5. The van der Waals surface area contributed by atoms with Crippen molar-refractivity contribution in [2.24, 2.45) is 10.4 Å². The number of hydrogen-bond acceptors (Lipinski definition) is 3. The number of rotatable bonds is 5. The molecule has 0 saturated carbocycles. The van der Waals surface area contributed by atoms with Crippen molar-refractivity contribution in [3.8, 4) is 5.75 Å². The van der Waals surface area contributed by atoms with Crippen LogP contribution < -0.4 is 10.1 Å². The molecule has 0 aliphatic carbocycles. The molecule has 0 aromatic heterocycles. The highest BCUT2D eigenvalue weighted by atomic mass is 127. The van der Waals surface area contributed by atoms with E-state index in [1.807, 2.05) is 13.1 Å². The van der Waals surface area contributed by atoms with Crippen LogP contribution in [-0.4, -0.2) is 62.6 Å². The van der Waals surface area contributed by atoms with Gasteiger partial charge in [-0.15, -0.1) is 24.0 Å². The van der Waals surface area contributed by atoms with Crippen molar-refractivity contribution < 1.29 is 4.74 Å². The topological polar surface area (TPSA) is 40.1 Å². The molecule has 27 heavy (non-hydrogen) atoms. The summed E-state index contributed by atoms with van der Waals surface area (Å²) in [6.07, 6.45) is 3.77. The average molecular weight is 486 g/mol. The molecule has 0 spiro atoms. The fourth-order valence-corrected chi connectivity index (χ4v) is 4.24. The molecular weight excluding hydrogens is 451 g/mol. The first-order chi connectivity index (χ1) is 12.5. The van der Waals surface area contributed by atoms with E-state index in [1.165, 1.54) is 24.8 Å². The van der Waals surface area contributed by atoms with Crippen molar-refractivity contribution in [3.05, 3.63) is 29.8 Å². The predicted octanol–water partition coefficient (Wildman–Crippen LogP) is 3.76. The van der Waals surface area contributed by atoms with Crippen LogP contribution >= 0.6 is 24.0 Å². The van der Waals surface area contributed by atoms with Crippen LogP contribution in [0.2, 0.25) is 0 Å². The standard InChI is InChI=1S/C21H34N4O.HI/c1-21(2)11-14-25(16-21)20(22-3)23-15-18(24-12-7-8-13-24)17-9-5-6-10-19(17)26-4;/h5-6,9-10,18H,7-8,11-16H2,1-4H3,(H,22,23);1H. The minimum atomic E-state index is 0. The van der Waals surface area contributed by atoms with Crippen molar-refractivity contribution in [3.63, 3.8) is 0 Å². The summed E-state index contributed by atoms with van der Waals surface area (Å²) in [5.74, 6) is 2.00. The number of benzene rings is 1. The van der Waals surface area contributed by atoms with Gasteiger partial charge in [-0.1, -0.05) is 32.0 Å². The quantitative estimate of drug-likeness (QED) is 0.391. The van der Waals surface area contributed by atoms with E-state index < -0.39 is 0 Å². The van der Waals surface area contributed by atoms with Gasteiger partial charge in [0.2, 0.25) is 0 Å². The van der Waals surface area contributed by atoms with Crippen LogP contribution in [0.5, 0.6) is 5.75 Å². The number of ether oxygens (including phenoxy) is 1. The second-order valence-corrected chi connectivity index (χ2v) is 8.26. The van der Waals surface area contributed by atoms with Crippen molar-refractivity contribution in [2.75, 3.05) is 46.9 Å². The Morgan fingerprint density at radius 2 is 1.93 bits per heavy atom. The van der Waals surface area contributed by atoms with Gasteiger partial charge in [-0.25, -0.2) is 0 Å². The number of para-hydroxylation sites is 1. The van der Waals surface area contributed by atoms with E-state index in [4.69, 9.17) is 4.74 Å². The highest BCUT2D eigenvalue weighted by Crippen LogP contribution is 2.32. The summed E-state index contributed by atoms with van der Waals surface area (Å²) in [4.78, 5) is 9.52. The van der Waals surface area contributed by atoms with E-state index in [9.17, 15) is 0 Å². The van der Waals surface area contributed by atoms with Crippen LogP contribution in [0.3, 0.4) is 0 Å². The van der Waals surface area contributed by atoms with Gasteiger partial charge < -0.3 is 15.0 Å². The van der Waals surface area contributed by atoms with Crippen LogP contribution in [0.25, 0.3) is 0 Å². The SMILES string of the molecule is CN=C(NCC(c1ccccc1OC)N1CCCC1)N1CCC(C)(C)C1.I. The molecule has 3 rings (SSSR count). The van der Waals surface area contributed by atoms with Crippen LogP contribution in [0.15, 0.2) is 29.3 Å². The number of nitrogens with one attached hydrogen (secondary N) is 1. The fourth-order valence-electron chi connectivity index (χ4n) is 4.24. The summed E-state index contributed by atoms with van der Waals surface area (Å²) < 4.78 is 5.65. The zero-order valence-electron chi connectivity index (χ0n) is 17.2. The molecule has 1 N–H and O–H groups in total. The molecule has 5 nitrogen and oxygen atoms in total. The van der Waals surface area contributed by atoms with Crippen molar-refractivity contribution >= 4 is 29.9 Å². The minimum absolute atomic E-state index is 0. The summed E-state index contributed by atoms with van der Waals surface area (Å²) in [5.41, 5.74) is 1.64. The lowest BCUT2D eigenvalue weighted by molar-refractivity contribution is 0.237. The molecule has 1 atom stereocenters. The van der Waals surface area contributed by atoms with Gasteiger partial charge in [0.1, 0.15) is 5.75 Å². The van der Waals surface area contributed by atoms with Crippen LogP contribution in [0.4, 0.5) is 0 Å². The molecule has 0 bridgehead atoms. The van der Waals surface area contributed by atoms with Crippen LogP contribution in [0, 0.1) is 5.41 Å². The van der Waals surface area contributed by atoms with Gasteiger partial charge in [-0.2, -0.15) is 0 Å². The molecule has 0 amide bonds. The van der Waals surface area contributed by atoms with Gasteiger partial charge in [0, 0.05) is 32.2 Å². The largest absolute Gasteiger partial charge is 0.496 e. The Morgan fingerprint density at radius 1 is 1.22 bits per heavy atom. The maximum Gasteiger partial charge on any atom is 0.193 e. The Kier molecular flexibility index (Phi) is 8.21. The lowest BCUT2D eigenvalue weighted by Gasteiger charge is -2.31. The smallest absolute Gasteiger partial charge is 0.193 e. The number of methoxy groups -OCH3 is 1. The summed E-state index contributed by atoms with van der Waals surface area (Å²) >= 11 is 0. The highest BCUT2D eigenvalue weighted by Gasteiger charge is 2.32. The number of nitrogens with zero attached hydrogens (tertiary/aromatic N) is 3. The molecule has 2 fully saturated rings. The molecule has 1 aromatic rings. The van der Waals surface area contributed by atoms with E-state index in [2.05, 4.69) is 52.2 Å². The van der Waals surface area contributed by atoms with Crippen molar-refractivity contribution in [1.29, 1.82) is 0 Å². The second-order valence-electron chi connectivity index (χ2n) is 8.26. The van der Waals surface area contributed by atoms with Gasteiger partial charge in [-0.3, -0.25) is 9.89 Å². The normalized spacial score (nSPS) is 21.0. The molecule has 2 aliphatic heterocycles. The minimum Gasteiger partial charge on any atom is -0.496 e. The molecule has 1 unspecified atom stereocenters. The van der Waals surface area contributed by atoms with Crippen molar-refractivity contribution in [1.82, 2.24) is 15.1 Å². The Bertz CT molecular complexity index is 628. The summed E-state index contributed by atoms with van der Waals surface area (Å²) in [7, 11) is 3.65. The average Bonchev–Trinajstić information content (AvgIpc) is 3.28. The first-order valence-corrected chi connectivity index (χ1v) is 9.86. The zero-order chi connectivity index (χ0) is 18.6. The number of aliphatic imine (C=N–C) groups is 1. The molecule has 0 radical (unpaired) electrons. The summed E-state index contributed by atoms with van der Waals surface area (Å²) in [5, 5.41) is 3.65. The van der Waals surface area contributed by atoms with Crippen molar-refractivity contribution in [2.45, 2.75) is 39.2 Å². The first kappa shape index (κ1) is 22.3. The Balaban J connectivity index is 0.00000261.